The Bertz CT molecular complexity index is 484. The number of hydrogen-bond acceptors (Lipinski definition) is 7. The number of nitrogens with two attached hydrogens (primary N) is 1. The van der Waals surface area contributed by atoms with E-state index in [1.165, 1.54) is 11.3 Å². The molecular formula is C13H22N4O3S. The van der Waals surface area contributed by atoms with Crippen molar-refractivity contribution in [3.8, 4) is 0 Å². The summed E-state index contributed by atoms with van der Waals surface area (Å²) in [5, 5.41) is 3.73. The lowest BCUT2D eigenvalue weighted by Gasteiger charge is -2.35. The highest BCUT2D eigenvalue weighted by Gasteiger charge is 2.29. The number of carbonyl (C=O) groups is 1. The van der Waals surface area contributed by atoms with Crippen LogP contribution in [-0.2, 0) is 9.47 Å². The summed E-state index contributed by atoms with van der Waals surface area (Å²) < 4.78 is 10.6. The van der Waals surface area contributed by atoms with Crippen LogP contribution in [0.1, 0.15) is 23.5 Å². The van der Waals surface area contributed by atoms with Crippen molar-refractivity contribution in [3.63, 3.8) is 0 Å². The van der Waals surface area contributed by atoms with Gasteiger partial charge in [-0.2, -0.15) is 0 Å². The Morgan fingerprint density at radius 2 is 2.19 bits per heavy atom. The quantitative estimate of drug-likeness (QED) is 0.789. The third kappa shape index (κ3) is 4.05. The van der Waals surface area contributed by atoms with Crippen LogP contribution in [0.25, 0.3) is 0 Å². The zero-order valence-electron chi connectivity index (χ0n) is 12.6. The zero-order chi connectivity index (χ0) is 15.4. The Morgan fingerprint density at radius 1 is 1.52 bits per heavy atom. The fourth-order valence-electron chi connectivity index (χ4n) is 2.31. The molecule has 1 aliphatic rings. The van der Waals surface area contributed by atoms with Gasteiger partial charge in [0, 0.05) is 26.7 Å². The fourth-order valence-corrected chi connectivity index (χ4v) is 3.19. The molecule has 1 aliphatic heterocycles. The largest absolute Gasteiger partial charge is 0.383 e. The highest BCUT2D eigenvalue weighted by molar-refractivity contribution is 7.18. The topological polar surface area (TPSA) is 89.7 Å². The van der Waals surface area contributed by atoms with Crippen molar-refractivity contribution in [3.05, 3.63) is 4.88 Å². The third-order valence-electron chi connectivity index (χ3n) is 3.14. The summed E-state index contributed by atoms with van der Waals surface area (Å²) in [7, 11) is 1.63. The standard InChI is InChI=1S/C13H22N4O3S/c1-8-6-17(7-9(2)20-8)12(18)10-11(14)16-13(21-10)15-4-5-19-3/h8-9H,4-7,14H2,1-3H3,(H,15,16). The number of amides is 1. The van der Waals surface area contributed by atoms with Gasteiger partial charge in [0.05, 0.1) is 18.8 Å². The van der Waals surface area contributed by atoms with Crippen LogP contribution >= 0.6 is 11.3 Å². The minimum absolute atomic E-state index is 0.0335. The first kappa shape index (κ1) is 16.0. The average molecular weight is 314 g/mol. The maximum absolute atomic E-state index is 12.6. The van der Waals surface area contributed by atoms with E-state index in [9.17, 15) is 4.79 Å². The number of hydrogen-bond donors (Lipinski definition) is 2. The first-order valence-corrected chi connectivity index (χ1v) is 7.76. The molecule has 3 N–H and O–H groups in total. The summed E-state index contributed by atoms with van der Waals surface area (Å²) in [5.41, 5.74) is 5.87. The van der Waals surface area contributed by atoms with Gasteiger partial charge in [0.2, 0.25) is 0 Å². The van der Waals surface area contributed by atoms with Gasteiger partial charge in [-0.3, -0.25) is 4.79 Å². The Morgan fingerprint density at radius 3 is 2.81 bits per heavy atom. The van der Waals surface area contributed by atoms with Crippen molar-refractivity contribution >= 4 is 28.2 Å². The van der Waals surface area contributed by atoms with Crippen LogP contribution < -0.4 is 11.1 Å². The number of aromatic nitrogens is 1. The van der Waals surface area contributed by atoms with Crippen molar-refractivity contribution in [2.45, 2.75) is 26.1 Å². The van der Waals surface area contributed by atoms with Crippen LogP contribution in [0.5, 0.6) is 0 Å². The van der Waals surface area contributed by atoms with Gasteiger partial charge in [0.1, 0.15) is 10.7 Å². The zero-order valence-corrected chi connectivity index (χ0v) is 13.4. The number of ether oxygens (including phenoxy) is 2. The smallest absolute Gasteiger partial charge is 0.268 e. The number of anilines is 2. The lowest BCUT2D eigenvalue weighted by molar-refractivity contribution is -0.0584. The molecule has 2 unspecified atom stereocenters. The lowest BCUT2D eigenvalue weighted by atomic mass is 10.2. The molecule has 1 aromatic rings. The van der Waals surface area contributed by atoms with Crippen LogP contribution in [0.3, 0.4) is 0 Å². The summed E-state index contributed by atoms with van der Waals surface area (Å²) in [6.07, 6.45) is 0.0669. The van der Waals surface area contributed by atoms with Crippen molar-refractivity contribution in [2.24, 2.45) is 0 Å². The second-order valence-electron chi connectivity index (χ2n) is 5.12. The van der Waals surface area contributed by atoms with Crippen molar-refractivity contribution in [2.75, 3.05) is 44.4 Å². The van der Waals surface area contributed by atoms with E-state index in [1.54, 1.807) is 12.0 Å². The summed E-state index contributed by atoms with van der Waals surface area (Å²) in [6, 6.07) is 0. The van der Waals surface area contributed by atoms with Gasteiger partial charge in [0.15, 0.2) is 5.13 Å². The Balaban J connectivity index is 2.04. The molecule has 118 valence electrons. The predicted molar refractivity (Wildman–Crippen MR) is 82.8 cm³/mol. The molecule has 2 heterocycles. The highest BCUT2D eigenvalue weighted by Crippen LogP contribution is 2.27. The lowest BCUT2D eigenvalue weighted by Crippen LogP contribution is -2.48. The van der Waals surface area contributed by atoms with Crippen molar-refractivity contribution < 1.29 is 14.3 Å². The maximum Gasteiger partial charge on any atom is 0.268 e. The molecule has 1 amide bonds. The maximum atomic E-state index is 12.6. The number of methoxy groups -OCH3 is 1. The Kier molecular flexibility index (Phi) is 5.38. The summed E-state index contributed by atoms with van der Waals surface area (Å²) in [4.78, 5) is 19.0. The molecule has 1 aromatic heterocycles. The van der Waals surface area contributed by atoms with Crippen LogP contribution in [0.4, 0.5) is 10.9 Å². The molecule has 0 saturated carbocycles. The summed E-state index contributed by atoms with van der Waals surface area (Å²) in [6.45, 7) is 6.28. The predicted octanol–water partition coefficient (Wildman–Crippen LogP) is 1.03. The highest BCUT2D eigenvalue weighted by atomic mass is 32.1. The van der Waals surface area contributed by atoms with Gasteiger partial charge in [-0.25, -0.2) is 4.98 Å². The van der Waals surface area contributed by atoms with E-state index >= 15 is 0 Å². The van der Waals surface area contributed by atoms with Crippen molar-refractivity contribution in [1.82, 2.24) is 9.88 Å². The third-order valence-corrected chi connectivity index (χ3v) is 4.15. The molecule has 7 nitrogen and oxygen atoms in total. The molecule has 1 saturated heterocycles. The minimum atomic E-state index is -0.0770. The van der Waals surface area contributed by atoms with Gasteiger partial charge in [0.25, 0.3) is 5.91 Å². The molecule has 0 radical (unpaired) electrons. The second-order valence-corrected chi connectivity index (χ2v) is 6.12. The van der Waals surface area contributed by atoms with E-state index in [1.807, 2.05) is 13.8 Å². The number of rotatable bonds is 5. The van der Waals surface area contributed by atoms with E-state index in [0.29, 0.717) is 36.2 Å². The van der Waals surface area contributed by atoms with E-state index in [0.717, 1.165) is 0 Å². The molecule has 1 fully saturated rings. The van der Waals surface area contributed by atoms with Gasteiger partial charge in [-0.15, -0.1) is 0 Å². The minimum Gasteiger partial charge on any atom is -0.383 e. The van der Waals surface area contributed by atoms with Gasteiger partial charge in [-0.05, 0) is 13.8 Å². The molecule has 0 aromatic carbocycles. The van der Waals surface area contributed by atoms with Gasteiger partial charge < -0.3 is 25.4 Å². The SMILES string of the molecule is COCCNc1nc(N)c(C(=O)N2CC(C)OC(C)C2)s1. The number of nitrogens with zero attached hydrogens (tertiary/aromatic N) is 2. The molecular weight excluding hydrogens is 292 g/mol. The van der Waals surface area contributed by atoms with Crippen LogP contribution in [0, 0.1) is 0 Å². The first-order chi connectivity index (χ1) is 10.0. The molecule has 0 bridgehead atoms. The summed E-state index contributed by atoms with van der Waals surface area (Å²) in [5.74, 6) is 0.198. The van der Waals surface area contributed by atoms with E-state index < -0.39 is 0 Å². The Hall–Kier alpha value is -1.38. The number of carbonyl (C=O) groups excluding carboxylic acids is 1. The van der Waals surface area contributed by atoms with Crippen LogP contribution in [0.2, 0.25) is 0 Å². The summed E-state index contributed by atoms with van der Waals surface area (Å²) >= 11 is 1.28. The molecule has 8 heteroatoms. The number of nitrogen functional groups attached to an aromatic ring is 1. The second kappa shape index (κ2) is 7.06. The number of thiazole rings is 1. The van der Waals surface area contributed by atoms with Crippen LogP contribution in [-0.4, -0.2) is 61.3 Å². The molecule has 0 spiro atoms. The molecule has 2 atom stereocenters. The fraction of sp³-hybridized carbons (Fsp3) is 0.692. The monoisotopic (exact) mass is 314 g/mol. The average Bonchev–Trinajstić information content (AvgIpc) is 2.78. The van der Waals surface area contributed by atoms with E-state index in [4.69, 9.17) is 15.2 Å². The van der Waals surface area contributed by atoms with Crippen molar-refractivity contribution in [1.29, 1.82) is 0 Å². The van der Waals surface area contributed by atoms with Gasteiger partial charge >= 0.3 is 0 Å². The Labute approximate surface area is 128 Å². The normalized spacial score (nSPS) is 22.3. The number of nitrogens with one attached hydrogen (secondary N) is 1. The van der Waals surface area contributed by atoms with E-state index in [-0.39, 0.29) is 23.9 Å². The number of morpholine rings is 1. The molecule has 0 aliphatic carbocycles. The first-order valence-electron chi connectivity index (χ1n) is 6.95. The van der Waals surface area contributed by atoms with Gasteiger partial charge in [-0.1, -0.05) is 11.3 Å². The van der Waals surface area contributed by atoms with E-state index in [2.05, 4.69) is 10.3 Å². The van der Waals surface area contributed by atoms with Crippen LogP contribution in [0.15, 0.2) is 0 Å². The molecule has 21 heavy (non-hydrogen) atoms. The molecule has 2 rings (SSSR count).